The minimum Gasteiger partial charge on any atom is -0.350 e. The number of carbonyl (C=O) groups is 2. The van der Waals surface area contributed by atoms with Crippen LogP contribution in [0, 0.1) is 19.7 Å². The van der Waals surface area contributed by atoms with Crippen LogP contribution in [-0.2, 0) is 9.59 Å². The van der Waals surface area contributed by atoms with E-state index in [-0.39, 0.29) is 29.6 Å². The Morgan fingerprint density at radius 3 is 2.32 bits per heavy atom. The lowest BCUT2D eigenvalue weighted by atomic mass is 10.0. The number of likely N-dealkylation sites (N-methyl/N-ethyl adjacent to an activating group) is 1. The van der Waals surface area contributed by atoms with Crippen molar-refractivity contribution in [3.05, 3.63) is 70.7 Å². The smallest absolute Gasteiger partial charge is 0.278 e. The molecule has 1 N–H and O–H groups in total. The zero-order chi connectivity index (χ0) is 18.1. The lowest BCUT2D eigenvalue weighted by molar-refractivity contribution is -0.136. The van der Waals surface area contributed by atoms with Crippen LogP contribution in [-0.4, -0.2) is 23.3 Å². The Kier molecular flexibility index (Phi) is 4.40. The van der Waals surface area contributed by atoms with Crippen LogP contribution < -0.4 is 5.32 Å². The van der Waals surface area contributed by atoms with E-state index in [9.17, 15) is 14.0 Å². The number of halogens is 1. The van der Waals surface area contributed by atoms with Gasteiger partial charge in [0.25, 0.3) is 11.8 Å². The molecule has 2 amide bonds. The second-order valence-electron chi connectivity index (χ2n) is 5.98. The molecule has 5 heteroatoms. The Labute approximate surface area is 146 Å². The number of aryl methyl sites for hydroxylation is 1. The predicted octanol–water partition coefficient (Wildman–Crippen LogP) is 3.65. The number of anilines is 1. The van der Waals surface area contributed by atoms with Gasteiger partial charge in [-0.25, -0.2) is 4.39 Å². The summed E-state index contributed by atoms with van der Waals surface area (Å²) in [6, 6.07) is 11.3. The molecule has 0 aliphatic carbocycles. The molecule has 2 aromatic rings. The fourth-order valence-corrected chi connectivity index (χ4v) is 2.88. The number of nitrogens with one attached hydrogen (secondary N) is 1. The van der Waals surface area contributed by atoms with E-state index >= 15 is 0 Å². The van der Waals surface area contributed by atoms with Crippen LogP contribution in [0.2, 0.25) is 0 Å². The zero-order valence-corrected chi connectivity index (χ0v) is 14.4. The minimum atomic E-state index is -0.391. The van der Waals surface area contributed by atoms with Crippen molar-refractivity contribution in [1.29, 1.82) is 0 Å². The van der Waals surface area contributed by atoms with E-state index in [4.69, 9.17) is 0 Å². The molecule has 0 saturated heterocycles. The molecule has 25 heavy (non-hydrogen) atoms. The number of amides is 2. The third-order valence-electron chi connectivity index (χ3n) is 4.48. The van der Waals surface area contributed by atoms with E-state index in [1.54, 1.807) is 6.92 Å². The summed E-state index contributed by atoms with van der Waals surface area (Å²) in [4.78, 5) is 26.6. The Bertz CT molecular complexity index is 885. The number of nitrogens with zero attached hydrogens (tertiary/aromatic N) is 1. The number of hydrogen-bond donors (Lipinski definition) is 1. The van der Waals surface area contributed by atoms with Gasteiger partial charge in [0.2, 0.25) is 0 Å². The van der Waals surface area contributed by atoms with E-state index < -0.39 is 5.82 Å². The van der Waals surface area contributed by atoms with Gasteiger partial charge in [0.15, 0.2) is 0 Å². The number of imide groups is 1. The lowest BCUT2D eigenvalue weighted by Gasteiger charge is -2.14. The van der Waals surface area contributed by atoms with Gasteiger partial charge in [-0.1, -0.05) is 24.3 Å². The van der Waals surface area contributed by atoms with Crippen molar-refractivity contribution in [3.63, 3.8) is 0 Å². The largest absolute Gasteiger partial charge is 0.350 e. The first-order valence-corrected chi connectivity index (χ1v) is 8.13. The maximum absolute atomic E-state index is 13.2. The zero-order valence-electron chi connectivity index (χ0n) is 14.4. The third-order valence-corrected chi connectivity index (χ3v) is 4.48. The van der Waals surface area contributed by atoms with Gasteiger partial charge < -0.3 is 5.32 Å². The van der Waals surface area contributed by atoms with Crippen LogP contribution in [0.4, 0.5) is 10.1 Å². The Hall–Kier alpha value is -2.95. The second-order valence-corrected chi connectivity index (χ2v) is 5.98. The molecule has 0 aromatic heterocycles. The van der Waals surface area contributed by atoms with Crippen LogP contribution in [0.5, 0.6) is 0 Å². The summed E-state index contributed by atoms with van der Waals surface area (Å²) >= 11 is 0. The average Bonchev–Trinajstić information content (AvgIpc) is 2.83. The molecule has 0 radical (unpaired) electrons. The van der Waals surface area contributed by atoms with Crippen LogP contribution in [0.3, 0.4) is 0 Å². The van der Waals surface area contributed by atoms with Gasteiger partial charge in [-0.15, -0.1) is 0 Å². The summed E-state index contributed by atoms with van der Waals surface area (Å²) < 4.78 is 13.2. The first-order valence-electron chi connectivity index (χ1n) is 8.13. The van der Waals surface area contributed by atoms with Gasteiger partial charge in [-0.3, -0.25) is 14.5 Å². The SMILES string of the molecule is CCN1C(=O)C(Nc2cccc(C)c2C)=C(c2ccc(F)cc2)C1=O. The molecule has 1 heterocycles. The summed E-state index contributed by atoms with van der Waals surface area (Å²) in [7, 11) is 0. The monoisotopic (exact) mass is 338 g/mol. The molecule has 1 aliphatic heterocycles. The Morgan fingerprint density at radius 2 is 1.68 bits per heavy atom. The highest BCUT2D eigenvalue weighted by atomic mass is 19.1. The van der Waals surface area contributed by atoms with Crippen molar-refractivity contribution < 1.29 is 14.0 Å². The summed E-state index contributed by atoms with van der Waals surface area (Å²) in [6.07, 6.45) is 0. The summed E-state index contributed by atoms with van der Waals surface area (Å²) in [5.74, 6) is -1.13. The summed E-state index contributed by atoms with van der Waals surface area (Å²) in [6.45, 7) is 5.96. The summed E-state index contributed by atoms with van der Waals surface area (Å²) in [5, 5.41) is 3.13. The maximum atomic E-state index is 13.2. The Balaban J connectivity index is 2.12. The fraction of sp³-hybridized carbons (Fsp3) is 0.200. The lowest BCUT2D eigenvalue weighted by Crippen LogP contribution is -2.32. The normalized spacial score (nSPS) is 14.5. The van der Waals surface area contributed by atoms with E-state index in [1.165, 1.54) is 29.2 Å². The average molecular weight is 338 g/mol. The van der Waals surface area contributed by atoms with E-state index in [1.807, 2.05) is 32.0 Å². The Morgan fingerprint density at radius 1 is 1.00 bits per heavy atom. The molecule has 0 bridgehead atoms. The number of carbonyl (C=O) groups excluding carboxylic acids is 2. The van der Waals surface area contributed by atoms with Gasteiger partial charge >= 0.3 is 0 Å². The van der Waals surface area contributed by atoms with Crippen molar-refractivity contribution in [2.45, 2.75) is 20.8 Å². The first kappa shape index (κ1) is 16.9. The predicted molar refractivity (Wildman–Crippen MR) is 95.3 cm³/mol. The molecule has 0 atom stereocenters. The van der Waals surface area contributed by atoms with Crippen molar-refractivity contribution in [3.8, 4) is 0 Å². The molecule has 2 aromatic carbocycles. The highest BCUT2D eigenvalue weighted by Gasteiger charge is 2.38. The van der Waals surface area contributed by atoms with Crippen molar-refractivity contribution in [2.75, 3.05) is 11.9 Å². The quantitative estimate of drug-likeness (QED) is 0.866. The summed E-state index contributed by atoms with van der Waals surface area (Å²) in [5.41, 5.74) is 3.87. The standard InChI is InChI=1S/C20H19FN2O2/c1-4-23-19(24)17(14-8-10-15(21)11-9-14)18(20(23)25)22-16-7-5-6-12(2)13(16)3/h5-11,22H,4H2,1-3H3. The van der Waals surface area contributed by atoms with Crippen molar-refractivity contribution in [2.24, 2.45) is 0 Å². The van der Waals surface area contributed by atoms with Gasteiger partial charge in [0.05, 0.1) is 5.57 Å². The highest BCUT2D eigenvalue weighted by Crippen LogP contribution is 2.31. The molecular formula is C20H19FN2O2. The van der Waals surface area contributed by atoms with Crippen molar-refractivity contribution >= 4 is 23.1 Å². The van der Waals surface area contributed by atoms with Gasteiger partial charge in [0, 0.05) is 12.2 Å². The van der Waals surface area contributed by atoms with Crippen LogP contribution in [0.1, 0.15) is 23.6 Å². The first-order chi connectivity index (χ1) is 11.9. The van der Waals surface area contributed by atoms with Gasteiger partial charge in [-0.2, -0.15) is 0 Å². The number of hydrogen-bond acceptors (Lipinski definition) is 3. The topological polar surface area (TPSA) is 49.4 Å². The highest BCUT2D eigenvalue weighted by molar-refractivity contribution is 6.36. The molecule has 0 saturated carbocycles. The van der Waals surface area contributed by atoms with Crippen LogP contribution in [0.15, 0.2) is 48.2 Å². The fourth-order valence-electron chi connectivity index (χ4n) is 2.88. The molecule has 0 spiro atoms. The maximum Gasteiger partial charge on any atom is 0.278 e. The van der Waals surface area contributed by atoms with Crippen LogP contribution in [0.25, 0.3) is 5.57 Å². The molecule has 0 unspecified atom stereocenters. The molecular weight excluding hydrogens is 319 g/mol. The van der Waals surface area contributed by atoms with Crippen LogP contribution >= 0.6 is 0 Å². The number of rotatable bonds is 4. The molecule has 3 rings (SSSR count). The van der Waals surface area contributed by atoms with Gasteiger partial charge in [0.1, 0.15) is 11.5 Å². The van der Waals surface area contributed by atoms with Crippen molar-refractivity contribution in [1.82, 2.24) is 4.90 Å². The van der Waals surface area contributed by atoms with E-state index in [0.29, 0.717) is 5.56 Å². The third kappa shape index (κ3) is 2.93. The molecule has 1 aliphatic rings. The number of benzene rings is 2. The molecule has 4 nitrogen and oxygen atoms in total. The minimum absolute atomic E-state index is 0.229. The second kappa shape index (κ2) is 6.51. The van der Waals surface area contributed by atoms with Gasteiger partial charge in [-0.05, 0) is 55.7 Å². The molecule has 128 valence electrons. The van der Waals surface area contributed by atoms with E-state index in [2.05, 4.69) is 5.32 Å². The molecule has 0 fully saturated rings. The van der Waals surface area contributed by atoms with E-state index in [0.717, 1.165) is 16.8 Å².